The molecule has 8 heteroatoms. The molecule has 0 radical (unpaired) electrons. The Hall–Kier alpha value is -3.29. The summed E-state index contributed by atoms with van der Waals surface area (Å²) in [7, 11) is 0. The minimum absolute atomic E-state index is 0.0668. The van der Waals surface area contributed by atoms with Crippen molar-refractivity contribution in [2.24, 2.45) is 5.73 Å². The van der Waals surface area contributed by atoms with E-state index in [1.165, 1.54) is 0 Å². The van der Waals surface area contributed by atoms with Gasteiger partial charge in [-0.1, -0.05) is 30.3 Å². The quantitative estimate of drug-likeness (QED) is 0.545. The monoisotopic (exact) mass is 376 g/mol. The van der Waals surface area contributed by atoms with Crippen LogP contribution in [0.5, 0.6) is 0 Å². The molecule has 6 nitrogen and oxygen atoms in total. The Morgan fingerprint density at radius 2 is 1.78 bits per heavy atom. The number of carbonyl (C=O) groups is 3. The summed E-state index contributed by atoms with van der Waals surface area (Å²) < 4.78 is 31.4. The number of esters is 1. The number of ether oxygens (including phenoxy) is 1. The predicted molar refractivity (Wildman–Crippen MR) is 92.4 cm³/mol. The van der Waals surface area contributed by atoms with Crippen LogP contribution < -0.4 is 11.1 Å². The fourth-order valence-electron chi connectivity index (χ4n) is 2.31. The average Bonchev–Trinajstić information content (AvgIpc) is 2.63. The van der Waals surface area contributed by atoms with Gasteiger partial charge in [-0.3, -0.25) is 14.4 Å². The van der Waals surface area contributed by atoms with Crippen molar-refractivity contribution < 1.29 is 27.9 Å². The fourth-order valence-corrected chi connectivity index (χ4v) is 2.31. The second kappa shape index (κ2) is 9.42. The Bertz CT molecular complexity index is 828. The Morgan fingerprint density at radius 3 is 2.41 bits per heavy atom. The first-order chi connectivity index (χ1) is 12.9. The summed E-state index contributed by atoms with van der Waals surface area (Å²) in [6.45, 7) is 0.0668. The second-order valence-corrected chi connectivity index (χ2v) is 5.67. The number of nitrogens with one attached hydrogen (secondary N) is 1. The first-order valence-electron chi connectivity index (χ1n) is 8.15. The number of benzene rings is 2. The zero-order valence-electron chi connectivity index (χ0n) is 14.3. The number of primary amides is 1. The lowest BCUT2D eigenvalue weighted by Gasteiger charge is -2.15. The second-order valence-electron chi connectivity index (χ2n) is 5.67. The SMILES string of the molecule is NC(=O)[C@H](OC(=O)CCCNC(=O)c1ccc(F)cc1F)c1ccccc1. The van der Waals surface area contributed by atoms with Crippen LogP contribution in [-0.4, -0.2) is 24.3 Å². The van der Waals surface area contributed by atoms with Crippen molar-refractivity contribution in [2.75, 3.05) is 6.54 Å². The Balaban J connectivity index is 1.80. The molecule has 1 atom stereocenters. The molecule has 0 aliphatic rings. The number of halogens is 2. The van der Waals surface area contributed by atoms with Gasteiger partial charge in [0.05, 0.1) is 5.56 Å². The Kier molecular flexibility index (Phi) is 6.99. The molecule has 2 aromatic rings. The highest BCUT2D eigenvalue weighted by molar-refractivity contribution is 5.94. The highest BCUT2D eigenvalue weighted by Crippen LogP contribution is 2.17. The molecule has 0 aliphatic carbocycles. The van der Waals surface area contributed by atoms with Crippen LogP contribution in [0.25, 0.3) is 0 Å². The smallest absolute Gasteiger partial charge is 0.306 e. The number of hydrogen-bond acceptors (Lipinski definition) is 4. The molecular weight excluding hydrogens is 358 g/mol. The van der Waals surface area contributed by atoms with E-state index in [1.807, 2.05) is 0 Å². The molecule has 0 spiro atoms. The molecule has 2 amide bonds. The first kappa shape index (κ1) is 20.0. The molecule has 142 valence electrons. The van der Waals surface area contributed by atoms with Crippen LogP contribution >= 0.6 is 0 Å². The minimum atomic E-state index is -1.19. The van der Waals surface area contributed by atoms with Gasteiger partial charge in [0, 0.05) is 24.6 Å². The van der Waals surface area contributed by atoms with Crippen LogP contribution in [0.3, 0.4) is 0 Å². The number of nitrogens with two attached hydrogens (primary N) is 1. The molecule has 0 aromatic heterocycles. The van der Waals surface area contributed by atoms with Crippen LogP contribution in [0.1, 0.15) is 34.9 Å². The normalized spacial score (nSPS) is 11.5. The van der Waals surface area contributed by atoms with Crippen LogP contribution in [0.2, 0.25) is 0 Å². The molecule has 3 N–H and O–H groups in total. The van der Waals surface area contributed by atoms with Gasteiger partial charge in [-0.2, -0.15) is 0 Å². The van der Waals surface area contributed by atoms with Crippen molar-refractivity contribution in [3.05, 3.63) is 71.3 Å². The van der Waals surface area contributed by atoms with Gasteiger partial charge in [-0.15, -0.1) is 0 Å². The highest BCUT2D eigenvalue weighted by Gasteiger charge is 2.22. The highest BCUT2D eigenvalue weighted by atomic mass is 19.1. The molecule has 0 aliphatic heterocycles. The molecule has 0 bridgehead atoms. The van der Waals surface area contributed by atoms with Crippen LogP contribution in [-0.2, 0) is 14.3 Å². The average molecular weight is 376 g/mol. The predicted octanol–water partition coefficient (Wildman–Crippen LogP) is 2.24. The molecule has 2 aromatic carbocycles. The molecule has 0 saturated carbocycles. The summed E-state index contributed by atoms with van der Waals surface area (Å²) in [4.78, 5) is 35.2. The third kappa shape index (κ3) is 5.88. The zero-order valence-corrected chi connectivity index (χ0v) is 14.3. The third-order valence-electron chi connectivity index (χ3n) is 3.63. The van der Waals surface area contributed by atoms with Gasteiger partial charge in [0.1, 0.15) is 11.6 Å². The van der Waals surface area contributed by atoms with Gasteiger partial charge in [0.2, 0.25) is 6.10 Å². The minimum Gasteiger partial charge on any atom is -0.447 e. The number of hydrogen-bond donors (Lipinski definition) is 2. The molecule has 0 saturated heterocycles. The summed E-state index contributed by atoms with van der Waals surface area (Å²) in [5, 5.41) is 2.42. The van der Waals surface area contributed by atoms with Crippen LogP contribution in [0, 0.1) is 11.6 Å². The maximum Gasteiger partial charge on any atom is 0.306 e. The van der Waals surface area contributed by atoms with E-state index in [1.54, 1.807) is 30.3 Å². The van der Waals surface area contributed by atoms with Crippen molar-refractivity contribution in [1.29, 1.82) is 0 Å². The molecule has 27 heavy (non-hydrogen) atoms. The van der Waals surface area contributed by atoms with Gasteiger partial charge >= 0.3 is 5.97 Å². The van der Waals surface area contributed by atoms with E-state index in [4.69, 9.17) is 10.5 Å². The van der Waals surface area contributed by atoms with Crippen molar-refractivity contribution >= 4 is 17.8 Å². The van der Waals surface area contributed by atoms with E-state index < -0.39 is 35.5 Å². The van der Waals surface area contributed by atoms with Gasteiger partial charge in [-0.05, 0) is 18.6 Å². The molecule has 2 rings (SSSR count). The largest absolute Gasteiger partial charge is 0.447 e. The van der Waals surface area contributed by atoms with Gasteiger partial charge in [0.25, 0.3) is 11.8 Å². The van der Waals surface area contributed by atoms with E-state index in [0.717, 1.165) is 12.1 Å². The van der Waals surface area contributed by atoms with Crippen LogP contribution in [0.15, 0.2) is 48.5 Å². The van der Waals surface area contributed by atoms with Crippen LogP contribution in [0.4, 0.5) is 8.78 Å². The molecule has 0 fully saturated rings. The van der Waals surface area contributed by atoms with Crippen molar-refractivity contribution in [3.63, 3.8) is 0 Å². The third-order valence-corrected chi connectivity index (χ3v) is 3.63. The Morgan fingerprint density at radius 1 is 1.07 bits per heavy atom. The first-order valence-corrected chi connectivity index (χ1v) is 8.15. The van der Waals surface area contributed by atoms with E-state index >= 15 is 0 Å². The van der Waals surface area contributed by atoms with Gasteiger partial charge < -0.3 is 15.8 Å². The van der Waals surface area contributed by atoms with E-state index in [2.05, 4.69) is 5.32 Å². The summed E-state index contributed by atoms with van der Waals surface area (Å²) >= 11 is 0. The maximum absolute atomic E-state index is 13.5. The van der Waals surface area contributed by atoms with Crippen molar-refractivity contribution in [1.82, 2.24) is 5.32 Å². The number of amides is 2. The van der Waals surface area contributed by atoms with E-state index in [0.29, 0.717) is 11.6 Å². The van der Waals surface area contributed by atoms with Gasteiger partial charge in [-0.25, -0.2) is 8.78 Å². The molecular formula is C19H18F2N2O4. The maximum atomic E-state index is 13.5. The van der Waals surface area contributed by atoms with E-state index in [9.17, 15) is 23.2 Å². The lowest BCUT2D eigenvalue weighted by molar-refractivity contribution is -0.155. The fraction of sp³-hybridized carbons (Fsp3) is 0.211. The molecule has 0 unspecified atom stereocenters. The lowest BCUT2D eigenvalue weighted by atomic mass is 10.1. The molecule has 0 heterocycles. The van der Waals surface area contributed by atoms with Crippen molar-refractivity contribution in [3.8, 4) is 0 Å². The Labute approximate surface area is 154 Å². The summed E-state index contributed by atoms with van der Waals surface area (Å²) in [5.41, 5.74) is 5.43. The summed E-state index contributed by atoms with van der Waals surface area (Å²) in [6, 6.07) is 11.0. The zero-order chi connectivity index (χ0) is 19.8. The van der Waals surface area contributed by atoms with Gasteiger partial charge in [0.15, 0.2) is 0 Å². The number of rotatable bonds is 8. The summed E-state index contributed by atoms with van der Waals surface area (Å²) in [6.07, 6.45) is -1.07. The van der Waals surface area contributed by atoms with Crippen molar-refractivity contribution in [2.45, 2.75) is 18.9 Å². The number of carbonyl (C=O) groups excluding carboxylic acids is 3. The lowest BCUT2D eigenvalue weighted by Crippen LogP contribution is -2.28. The topological polar surface area (TPSA) is 98.5 Å². The van der Waals surface area contributed by atoms with E-state index in [-0.39, 0.29) is 24.9 Å². The summed E-state index contributed by atoms with van der Waals surface area (Å²) in [5.74, 6) is -3.94. The standard InChI is InChI=1S/C19H18F2N2O4/c20-13-8-9-14(15(21)11-13)19(26)23-10-4-7-16(24)27-17(18(22)25)12-5-2-1-3-6-12/h1-3,5-6,8-9,11,17H,4,7,10H2,(H2,22,25)(H,23,26)/t17-/m1/s1.